The van der Waals surface area contributed by atoms with Crippen LogP contribution < -0.4 is 4.57 Å². The topological polar surface area (TPSA) is 80.2 Å². The molecule has 0 atom stereocenters. The van der Waals surface area contributed by atoms with Gasteiger partial charge in [0.2, 0.25) is 6.33 Å². The first-order chi connectivity index (χ1) is 10.5. The molecule has 0 aromatic carbocycles. The Labute approximate surface area is 139 Å². The van der Waals surface area contributed by atoms with Crippen LogP contribution >= 0.6 is 0 Å². The molecule has 0 amide bonds. The monoisotopic (exact) mass is 345 g/mol. The van der Waals surface area contributed by atoms with Gasteiger partial charge in [-0.1, -0.05) is 33.8 Å². The lowest BCUT2D eigenvalue weighted by molar-refractivity contribution is -0.671. The summed E-state index contributed by atoms with van der Waals surface area (Å²) < 4.78 is 33.9. The van der Waals surface area contributed by atoms with Gasteiger partial charge in [0.15, 0.2) is 5.78 Å². The second-order valence-electron chi connectivity index (χ2n) is 6.41. The number of carbonyl (C=O) groups is 1. The zero-order valence-corrected chi connectivity index (χ0v) is 15.3. The molecule has 6 nitrogen and oxygen atoms in total. The normalized spacial score (nSPS) is 11.5. The number of aryl methyl sites for hydroxylation is 2. The summed E-state index contributed by atoms with van der Waals surface area (Å²) in [6.07, 6.45) is 10.0. The van der Waals surface area contributed by atoms with Gasteiger partial charge >= 0.3 is 0 Å². The average molecular weight is 345 g/mol. The maximum atomic E-state index is 10.9. The molecule has 0 fully saturated rings. The Bertz CT molecular complexity index is 603. The fourth-order valence-electron chi connectivity index (χ4n) is 2.06. The van der Waals surface area contributed by atoms with E-state index in [-0.39, 0.29) is 12.2 Å². The summed E-state index contributed by atoms with van der Waals surface area (Å²) in [6.45, 7) is 9.84. The van der Waals surface area contributed by atoms with Crippen molar-refractivity contribution in [2.75, 3.05) is 5.75 Å². The van der Waals surface area contributed by atoms with Gasteiger partial charge in [0.05, 0.1) is 19.3 Å². The molecule has 1 rings (SSSR count). The first-order valence-electron chi connectivity index (χ1n) is 7.60. The van der Waals surface area contributed by atoms with E-state index in [4.69, 9.17) is 4.55 Å². The van der Waals surface area contributed by atoms with Crippen molar-refractivity contribution in [1.82, 2.24) is 4.57 Å². The van der Waals surface area contributed by atoms with Gasteiger partial charge < -0.3 is 0 Å². The maximum Gasteiger partial charge on any atom is 0.265 e. The van der Waals surface area contributed by atoms with Crippen LogP contribution in [0, 0.1) is 5.41 Å². The second kappa shape index (κ2) is 9.62. The van der Waals surface area contributed by atoms with Gasteiger partial charge in [0, 0.05) is 6.42 Å². The molecule has 0 saturated heterocycles. The minimum absolute atomic E-state index is 0.0658. The number of carbonyl (C=O) groups excluding carboxylic acids is 1. The Morgan fingerprint density at radius 2 is 2.04 bits per heavy atom. The highest BCUT2D eigenvalue weighted by Crippen LogP contribution is 2.22. The van der Waals surface area contributed by atoms with Crippen molar-refractivity contribution in [2.24, 2.45) is 12.5 Å². The second-order valence-corrected chi connectivity index (χ2v) is 7.86. The SMILES string of the molecule is C=CC(=O)CC(C)(C)CS(=O)(=O)O.CCCCn1cc[n+](C)c1. The Balaban J connectivity index is 0.000000433. The summed E-state index contributed by atoms with van der Waals surface area (Å²) >= 11 is 0. The highest BCUT2D eigenvalue weighted by Gasteiger charge is 2.26. The fourth-order valence-corrected chi connectivity index (χ4v) is 3.15. The van der Waals surface area contributed by atoms with Crippen molar-refractivity contribution >= 4 is 15.9 Å². The van der Waals surface area contributed by atoms with E-state index < -0.39 is 21.3 Å². The van der Waals surface area contributed by atoms with Crippen molar-refractivity contribution in [2.45, 2.75) is 46.6 Å². The number of allylic oxidation sites excluding steroid dienone is 1. The molecule has 0 aliphatic carbocycles. The van der Waals surface area contributed by atoms with Crippen LogP contribution in [0.15, 0.2) is 31.4 Å². The number of hydrogen-bond donors (Lipinski definition) is 1. The van der Waals surface area contributed by atoms with Crippen molar-refractivity contribution < 1.29 is 22.3 Å². The largest absolute Gasteiger partial charge is 0.295 e. The molecular formula is C16H29N2O4S+. The van der Waals surface area contributed by atoms with Gasteiger partial charge in [-0.15, -0.1) is 0 Å². The number of rotatable bonds is 8. The van der Waals surface area contributed by atoms with Crippen molar-refractivity contribution in [1.29, 1.82) is 0 Å². The number of unbranched alkanes of at least 4 members (excludes halogenated alkanes) is 1. The van der Waals surface area contributed by atoms with Crippen LogP contribution in [-0.2, 0) is 28.5 Å². The average Bonchev–Trinajstić information content (AvgIpc) is 2.79. The third kappa shape index (κ3) is 11.7. The van der Waals surface area contributed by atoms with Crippen LogP contribution in [0.1, 0.15) is 40.0 Å². The molecule has 0 spiro atoms. The molecular weight excluding hydrogens is 316 g/mol. The predicted octanol–water partition coefficient (Wildman–Crippen LogP) is 2.16. The quantitative estimate of drug-likeness (QED) is 0.445. The summed E-state index contributed by atoms with van der Waals surface area (Å²) in [4.78, 5) is 10.9. The molecule has 1 N–H and O–H groups in total. The molecule has 1 heterocycles. The highest BCUT2D eigenvalue weighted by atomic mass is 32.2. The summed E-state index contributed by atoms with van der Waals surface area (Å²) in [7, 11) is -1.98. The van der Waals surface area contributed by atoms with Gasteiger partial charge in [-0.3, -0.25) is 9.35 Å². The molecule has 23 heavy (non-hydrogen) atoms. The standard InChI is InChI=1S/C8H15N2.C8H14O4S/c1-3-4-5-10-7-6-9(2)8-10;1-4-7(9)5-8(2,3)6-13(10,11)12/h6-8H,3-5H2,1-2H3;4H,1,5-6H2,2-3H3,(H,10,11,12)/q+1;. The first kappa shape index (κ1) is 21.5. The van der Waals surface area contributed by atoms with E-state index in [1.807, 2.05) is 7.05 Å². The molecule has 0 aliphatic heterocycles. The number of nitrogens with zero attached hydrogens (tertiary/aromatic N) is 2. The van der Waals surface area contributed by atoms with Crippen LogP contribution in [0.2, 0.25) is 0 Å². The zero-order valence-electron chi connectivity index (χ0n) is 14.5. The molecule has 132 valence electrons. The van der Waals surface area contributed by atoms with E-state index in [0.29, 0.717) is 0 Å². The molecule has 0 unspecified atom stereocenters. The summed E-state index contributed by atoms with van der Waals surface area (Å²) in [5, 5.41) is 0. The number of ketones is 1. The highest BCUT2D eigenvalue weighted by molar-refractivity contribution is 7.85. The first-order valence-corrected chi connectivity index (χ1v) is 9.21. The Morgan fingerprint density at radius 1 is 1.43 bits per heavy atom. The predicted molar refractivity (Wildman–Crippen MR) is 90.5 cm³/mol. The lowest BCUT2D eigenvalue weighted by atomic mass is 9.90. The molecule has 0 bridgehead atoms. The number of imidazole rings is 1. The zero-order chi connectivity index (χ0) is 18.1. The van der Waals surface area contributed by atoms with Crippen LogP contribution in [0.25, 0.3) is 0 Å². The molecule has 0 radical (unpaired) electrons. The van der Waals surface area contributed by atoms with E-state index in [1.54, 1.807) is 13.8 Å². The Morgan fingerprint density at radius 3 is 2.43 bits per heavy atom. The van der Waals surface area contributed by atoms with E-state index in [9.17, 15) is 13.2 Å². The van der Waals surface area contributed by atoms with E-state index in [2.05, 4.69) is 41.4 Å². The Hall–Kier alpha value is -1.47. The minimum Gasteiger partial charge on any atom is -0.295 e. The van der Waals surface area contributed by atoms with Gasteiger partial charge in [-0.2, -0.15) is 8.42 Å². The number of hydrogen-bond acceptors (Lipinski definition) is 3. The van der Waals surface area contributed by atoms with Crippen LogP contribution in [0.4, 0.5) is 0 Å². The molecule has 1 aromatic rings. The summed E-state index contributed by atoms with van der Waals surface area (Å²) in [6, 6.07) is 0. The molecule has 0 saturated carbocycles. The Kier molecular flexibility index (Phi) is 9.01. The van der Waals surface area contributed by atoms with E-state index in [1.165, 1.54) is 12.8 Å². The summed E-state index contributed by atoms with van der Waals surface area (Å²) in [5.74, 6) is -0.645. The lowest BCUT2D eigenvalue weighted by Crippen LogP contribution is -2.26. The maximum absolute atomic E-state index is 10.9. The van der Waals surface area contributed by atoms with Crippen molar-refractivity contribution in [3.63, 3.8) is 0 Å². The van der Waals surface area contributed by atoms with Gasteiger partial charge in [0.1, 0.15) is 12.4 Å². The number of aromatic nitrogens is 2. The molecule has 7 heteroatoms. The smallest absolute Gasteiger partial charge is 0.265 e. The van der Waals surface area contributed by atoms with Crippen LogP contribution in [-0.4, -0.2) is 29.1 Å². The van der Waals surface area contributed by atoms with Crippen molar-refractivity contribution in [3.8, 4) is 0 Å². The third-order valence-corrected chi connectivity index (χ3v) is 4.19. The summed E-state index contributed by atoms with van der Waals surface area (Å²) in [5.41, 5.74) is -0.751. The molecule has 0 aliphatic rings. The third-order valence-electron chi connectivity index (χ3n) is 3.05. The molecule has 1 aromatic heterocycles. The van der Waals surface area contributed by atoms with Crippen molar-refractivity contribution in [3.05, 3.63) is 31.4 Å². The van der Waals surface area contributed by atoms with Crippen LogP contribution in [0.5, 0.6) is 0 Å². The minimum atomic E-state index is -4.02. The van der Waals surface area contributed by atoms with Crippen LogP contribution in [0.3, 0.4) is 0 Å². The van der Waals surface area contributed by atoms with E-state index in [0.717, 1.165) is 12.6 Å². The van der Waals surface area contributed by atoms with Gasteiger partial charge in [0.25, 0.3) is 10.1 Å². The lowest BCUT2D eigenvalue weighted by Gasteiger charge is -2.20. The fraction of sp³-hybridized carbons (Fsp3) is 0.625. The van der Waals surface area contributed by atoms with Gasteiger partial charge in [-0.25, -0.2) is 9.13 Å². The van der Waals surface area contributed by atoms with E-state index >= 15 is 0 Å². The van der Waals surface area contributed by atoms with Gasteiger partial charge in [-0.05, 0) is 17.9 Å².